The van der Waals surface area contributed by atoms with E-state index < -0.39 is 29.4 Å². The van der Waals surface area contributed by atoms with E-state index in [1.54, 1.807) is 51.9 Å². The van der Waals surface area contributed by atoms with Gasteiger partial charge in [-0.15, -0.1) is 0 Å². The average Bonchev–Trinajstić information content (AvgIpc) is 3.05. The molecule has 0 bridgehead atoms. The molecule has 50 heavy (non-hydrogen) atoms. The summed E-state index contributed by atoms with van der Waals surface area (Å²) < 4.78 is 43.7. The number of benzene rings is 2. The number of hydrogen-bond donors (Lipinski definition) is 0. The summed E-state index contributed by atoms with van der Waals surface area (Å²) in [6.07, 6.45) is 4.17. The number of amides is 3. The largest absolute Gasteiger partial charge is 0.493 e. The number of aromatic nitrogens is 1. The predicted octanol–water partition coefficient (Wildman–Crippen LogP) is 6.97. The molecule has 0 unspecified atom stereocenters. The number of anilines is 2. The Morgan fingerprint density at radius 1 is 1.10 bits per heavy atom. The van der Waals surface area contributed by atoms with E-state index in [2.05, 4.69) is 4.98 Å². The summed E-state index contributed by atoms with van der Waals surface area (Å²) in [5, 5.41) is 1.49. The minimum atomic E-state index is -0.826. The summed E-state index contributed by atoms with van der Waals surface area (Å²) >= 11 is 6.80. The van der Waals surface area contributed by atoms with Gasteiger partial charge in [-0.3, -0.25) is 19.4 Å². The monoisotopic (exact) mass is 715 g/mol. The molecule has 11 nitrogen and oxygen atoms in total. The molecule has 0 saturated carbocycles. The van der Waals surface area contributed by atoms with Gasteiger partial charge in [-0.25, -0.2) is 18.6 Å². The first-order valence-electron chi connectivity index (χ1n) is 16.7. The summed E-state index contributed by atoms with van der Waals surface area (Å²) in [7, 11) is 4.61. The van der Waals surface area contributed by atoms with Crippen LogP contribution in [0.25, 0.3) is 22.0 Å². The molecule has 0 radical (unpaired) electrons. The molecule has 5 rings (SSSR count). The second-order valence-electron chi connectivity index (χ2n) is 13.7. The first-order valence-corrected chi connectivity index (χ1v) is 17.1. The third kappa shape index (κ3) is 7.44. The number of carbonyl (C=O) groups excluding carboxylic acids is 3. The van der Waals surface area contributed by atoms with Gasteiger partial charge < -0.3 is 24.2 Å². The lowest BCUT2D eigenvalue weighted by molar-refractivity contribution is -0.168. The number of nitrogens with zero attached hydrogens (tertiary/aromatic N) is 5. The van der Waals surface area contributed by atoms with Gasteiger partial charge in [-0.05, 0) is 58.7 Å². The Hall–Kier alpha value is -4.23. The molecule has 0 aliphatic carbocycles. The number of hydrogen-bond acceptors (Lipinski definition) is 8. The van der Waals surface area contributed by atoms with Gasteiger partial charge in [-0.2, -0.15) is 0 Å². The molecule has 0 spiro atoms. The molecular weight excluding hydrogens is 672 g/mol. The Bertz CT molecular complexity index is 1790. The van der Waals surface area contributed by atoms with Crippen LogP contribution in [0.4, 0.5) is 25.0 Å². The fourth-order valence-corrected chi connectivity index (χ4v) is 6.69. The highest BCUT2D eigenvalue weighted by Crippen LogP contribution is 2.47. The fraction of sp³-hybridized carbons (Fsp3) is 0.500. The van der Waals surface area contributed by atoms with E-state index >= 15 is 8.78 Å². The maximum Gasteiger partial charge on any atom is 0.410 e. The first-order chi connectivity index (χ1) is 23.6. The lowest BCUT2D eigenvalue weighted by Crippen LogP contribution is -2.66. The number of halogens is 3. The lowest BCUT2D eigenvalue weighted by Gasteiger charge is -2.50. The van der Waals surface area contributed by atoms with Gasteiger partial charge in [0.1, 0.15) is 28.7 Å². The Labute approximate surface area is 295 Å². The van der Waals surface area contributed by atoms with Crippen LogP contribution in [0.5, 0.6) is 5.75 Å². The number of piperazine rings is 1. The number of fused-ring (bicyclic) bond motifs is 5. The van der Waals surface area contributed by atoms with Crippen LogP contribution in [0.2, 0.25) is 5.02 Å². The molecule has 2 aliphatic heterocycles. The van der Waals surface area contributed by atoms with Crippen molar-refractivity contribution in [1.82, 2.24) is 14.9 Å². The number of hydroxylamine groups is 2. The number of rotatable bonds is 10. The van der Waals surface area contributed by atoms with Gasteiger partial charge in [0.05, 0.1) is 48.4 Å². The molecule has 0 N–H and O–H groups in total. The van der Waals surface area contributed by atoms with Gasteiger partial charge in [-0.1, -0.05) is 30.5 Å². The van der Waals surface area contributed by atoms with Crippen molar-refractivity contribution < 1.29 is 37.5 Å². The second-order valence-corrected chi connectivity index (χ2v) is 14.1. The Morgan fingerprint density at radius 2 is 1.82 bits per heavy atom. The van der Waals surface area contributed by atoms with Crippen molar-refractivity contribution in [2.75, 3.05) is 50.7 Å². The zero-order valence-electron chi connectivity index (χ0n) is 29.5. The zero-order chi connectivity index (χ0) is 36.5. The number of ether oxygens (including phenoxy) is 2. The molecular formula is C36H44ClF2N5O6. The number of carbonyl (C=O) groups is 3. The lowest BCUT2D eigenvalue weighted by atomic mass is 9.96. The number of unbranched alkanes of at least 4 members (excludes halogenated alkanes) is 3. The van der Waals surface area contributed by atoms with Gasteiger partial charge in [0.2, 0.25) is 5.91 Å². The standard InChI is InChI=1S/C36H44ClF2N5O6/c1-21-19-44-26(20-43(21)35(47)50-36(2,3)4)34(46)41(5)25-18-40-32-22(33(25)44)17-23(37)29(31(32)39)30-24(38)13-12-14-27(30)49-16-11-9-8-10-15-28(45)42(6)48-7/h12-14,17-18,21,26H,8-11,15-16,19-20H2,1-7H3/t21-,26-/m1/s1. The van der Waals surface area contributed by atoms with Gasteiger partial charge >= 0.3 is 6.09 Å². The molecule has 3 aromatic rings. The van der Waals surface area contributed by atoms with Crippen molar-refractivity contribution in [3.05, 3.63) is 47.1 Å². The maximum absolute atomic E-state index is 16.6. The van der Waals surface area contributed by atoms with E-state index in [-0.39, 0.29) is 65.0 Å². The summed E-state index contributed by atoms with van der Waals surface area (Å²) in [6, 6.07) is 4.71. The number of likely N-dealkylation sites (N-methyl/N-ethyl adjacent to an activating group) is 1. The second kappa shape index (κ2) is 14.9. The predicted molar refractivity (Wildman–Crippen MR) is 187 cm³/mol. The molecule has 2 atom stereocenters. The minimum absolute atomic E-state index is 0.0465. The van der Waals surface area contributed by atoms with Gasteiger partial charge in [0.15, 0.2) is 5.82 Å². The smallest absolute Gasteiger partial charge is 0.410 e. The molecule has 2 aromatic carbocycles. The van der Waals surface area contributed by atoms with E-state index in [4.69, 9.17) is 25.9 Å². The van der Waals surface area contributed by atoms with Crippen LogP contribution in [0.15, 0.2) is 30.5 Å². The molecule has 3 heterocycles. The fourth-order valence-electron chi connectivity index (χ4n) is 6.41. The molecule has 270 valence electrons. The highest BCUT2D eigenvalue weighted by atomic mass is 35.5. The normalized spacial score (nSPS) is 17.5. The first kappa shape index (κ1) is 37.0. The Morgan fingerprint density at radius 3 is 2.52 bits per heavy atom. The minimum Gasteiger partial charge on any atom is -0.493 e. The Kier molecular flexibility index (Phi) is 11.1. The van der Waals surface area contributed by atoms with E-state index in [9.17, 15) is 14.4 Å². The highest BCUT2D eigenvalue weighted by Gasteiger charge is 2.45. The van der Waals surface area contributed by atoms with Crippen LogP contribution < -0.4 is 14.5 Å². The van der Waals surface area contributed by atoms with E-state index in [1.165, 1.54) is 35.4 Å². The summed E-state index contributed by atoms with van der Waals surface area (Å²) in [6.45, 7) is 7.78. The van der Waals surface area contributed by atoms with E-state index in [0.29, 0.717) is 36.0 Å². The SMILES string of the molecule is CON(C)C(=O)CCCCCCOc1cccc(F)c1-c1c(Cl)cc2c3c(cnc2c1F)N(C)C(=O)[C@H]1CN(C(=O)OC(C)(C)C)[C@H](C)CN31. The molecule has 1 saturated heterocycles. The molecule has 3 amide bonds. The maximum atomic E-state index is 16.6. The third-order valence-corrected chi connectivity index (χ3v) is 9.33. The van der Waals surface area contributed by atoms with Gasteiger partial charge in [0.25, 0.3) is 5.91 Å². The third-order valence-electron chi connectivity index (χ3n) is 9.03. The van der Waals surface area contributed by atoms with Crippen LogP contribution in [0.1, 0.15) is 59.8 Å². The Balaban J connectivity index is 1.42. The van der Waals surface area contributed by atoms with Crippen LogP contribution in [0, 0.1) is 11.6 Å². The van der Waals surface area contributed by atoms with Crippen LogP contribution in [-0.2, 0) is 19.2 Å². The molecule has 2 aliphatic rings. The van der Waals surface area contributed by atoms with E-state index in [1.807, 2.05) is 11.8 Å². The molecule has 1 fully saturated rings. The summed E-state index contributed by atoms with van der Waals surface area (Å²) in [5.74, 6) is -1.75. The molecule has 14 heteroatoms. The van der Waals surface area contributed by atoms with Crippen molar-refractivity contribution >= 4 is 51.8 Å². The van der Waals surface area contributed by atoms with Gasteiger partial charge in [0, 0.05) is 44.1 Å². The van der Waals surface area contributed by atoms with Crippen molar-refractivity contribution in [2.24, 2.45) is 0 Å². The topological polar surface area (TPSA) is 105 Å². The van der Waals surface area contributed by atoms with Crippen LogP contribution in [0.3, 0.4) is 0 Å². The average molecular weight is 716 g/mol. The quantitative estimate of drug-likeness (QED) is 0.164. The van der Waals surface area contributed by atoms with E-state index in [0.717, 1.165) is 12.8 Å². The zero-order valence-corrected chi connectivity index (χ0v) is 30.3. The summed E-state index contributed by atoms with van der Waals surface area (Å²) in [5.41, 5.74) is -0.0461. The van der Waals surface area contributed by atoms with Crippen LogP contribution in [-0.4, -0.2) is 91.4 Å². The van der Waals surface area contributed by atoms with Crippen molar-refractivity contribution in [2.45, 2.75) is 77.5 Å². The highest BCUT2D eigenvalue weighted by molar-refractivity contribution is 6.34. The van der Waals surface area contributed by atoms with Crippen molar-refractivity contribution in [3.8, 4) is 16.9 Å². The summed E-state index contributed by atoms with van der Waals surface area (Å²) in [4.78, 5) is 52.7. The van der Waals surface area contributed by atoms with Crippen LogP contribution >= 0.6 is 11.6 Å². The molecule has 1 aromatic heterocycles. The number of pyridine rings is 1. The van der Waals surface area contributed by atoms with Crippen molar-refractivity contribution in [3.63, 3.8) is 0 Å². The van der Waals surface area contributed by atoms with Crippen molar-refractivity contribution in [1.29, 1.82) is 0 Å².